The predicted molar refractivity (Wildman–Crippen MR) is 125 cm³/mol. The molecule has 2 aromatic carbocycles. The Bertz CT molecular complexity index is 1140. The molecule has 2 heterocycles. The Labute approximate surface area is 192 Å². The maximum absolute atomic E-state index is 13.1. The van der Waals surface area contributed by atoms with Gasteiger partial charge in [-0.05, 0) is 60.3 Å². The van der Waals surface area contributed by atoms with E-state index in [0.717, 1.165) is 15.8 Å². The average Bonchev–Trinajstić information content (AvgIpc) is 3.39. The number of ether oxygens (including phenoxy) is 1. The zero-order valence-electron chi connectivity index (χ0n) is 16.7. The van der Waals surface area contributed by atoms with E-state index in [2.05, 4.69) is 15.9 Å². The molecule has 1 fully saturated rings. The Kier molecular flexibility index (Phi) is 6.25. The number of ketones is 1. The Morgan fingerprint density at radius 2 is 1.90 bits per heavy atom. The molecule has 4 rings (SSSR count). The van der Waals surface area contributed by atoms with Crippen LogP contribution >= 0.6 is 27.3 Å². The van der Waals surface area contributed by atoms with Crippen LogP contribution in [-0.4, -0.2) is 23.4 Å². The second-order valence-corrected chi connectivity index (χ2v) is 8.93. The van der Waals surface area contributed by atoms with Crippen molar-refractivity contribution in [2.24, 2.45) is 0 Å². The number of carbonyl (C=O) groups is 2. The quantitative estimate of drug-likeness (QED) is 0.260. The Morgan fingerprint density at radius 1 is 1.13 bits per heavy atom. The van der Waals surface area contributed by atoms with Crippen LogP contribution < -0.4 is 9.64 Å². The van der Waals surface area contributed by atoms with E-state index < -0.39 is 17.7 Å². The Hall–Kier alpha value is -2.90. The molecular weight excluding hydrogens is 478 g/mol. The summed E-state index contributed by atoms with van der Waals surface area (Å²) in [6.07, 6.45) is 0.890. The van der Waals surface area contributed by atoms with Crippen molar-refractivity contribution in [3.05, 3.63) is 86.5 Å². The molecule has 0 bridgehead atoms. The lowest BCUT2D eigenvalue weighted by Gasteiger charge is -2.24. The monoisotopic (exact) mass is 497 g/mol. The fraction of sp³-hybridized carbons (Fsp3) is 0.167. The highest BCUT2D eigenvalue weighted by atomic mass is 79.9. The van der Waals surface area contributed by atoms with Crippen molar-refractivity contribution in [1.82, 2.24) is 0 Å². The summed E-state index contributed by atoms with van der Waals surface area (Å²) in [6.45, 7) is 2.62. The Balaban J connectivity index is 1.81. The molecule has 1 N–H and O–H groups in total. The largest absolute Gasteiger partial charge is 0.507 e. The molecule has 1 amide bonds. The molecule has 1 aliphatic rings. The normalized spacial score (nSPS) is 17.9. The van der Waals surface area contributed by atoms with E-state index in [1.165, 1.54) is 16.2 Å². The fourth-order valence-electron chi connectivity index (χ4n) is 3.53. The number of hydrogen-bond acceptors (Lipinski definition) is 5. The third kappa shape index (κ3) is 4.16. The summed E-state index contributed by atoms with van der Waals surface area (Å²) >= 11 is 4.86. The summed E-state index contributed by atoms with van der Waals surface area (Å²) in [4.78, 5) is 28.3. The van der Waals surface area contributed by atoms with Gasteiger partial charge in [-0.1, -0.05) is 35.0 Å². The highest BCUT2D eigenvalue weighted by Crippen LogP contribution is 2.44. The number of aliphatic hydroxyl groups is 1. The molecule has 0 aliphatic carbocycles. The number of Topliss-reactive ketones (excluding diaryl/α,β-unsaturated/α-hetero) is 1. The minimum absolute atomic E-state index is 0.0784. The van der Waals surface area contributed by atoms with Crippen LogP contribution in [0.4, 0.5) is 5.69 Å². The van der Waals surface area contributed by atoms with E-state index in [0.29, 0.717) is 23.6 Å². The molecule has 0 saturated carbocycles. The van der Waals surface area contributed by atoms with Crippen molar-refractivity contribution < 1.29 is 19.4 Å². The van der Waals surface area contributed by atoms with Crippen molar-refractivity contribution in [2.45, 2.75) is 19.4 Å². The molecule has 158 valence electrons. The molecular formula is C24H20BrNO4S. The third-order valence-corrected chi connectivity index (χ3v) is 6.36. The van der Waals surface area contributed by atoms with Crippen molar-refractivity contribution in [2.75, 3.05) is 11.5 Å². The van der Waals surface area contributed by atoms with Crippen LogP contribution in [0, 0.1) is 0 Å². The van der Waals surface area contributed by atoms with Gasteiger partial charge >= 0.3 is 0 Å². The van der Waals surface area contributed by atoms with Gasteiger partial charge in [-0.15, -0.1) is 11.3 Å². The first-order valence-electron chi connectivity index (χ1n) is 9.84. The highest BCUT2D eigenvalue weighted by Gasteiger charge is 2.47. The van der Waals surface area contributed by atoms with Crippen LogP contribution in [0.3, 0.4) is 0 Å². The summed E-state index contributed by atoms with van der Waals surface area (Å²) in [7, 11) is 0. The summed E-state index contributed by atoms with van der Waals surface area (Å²) in [5.41, 5.74) is 1.12. The van der Waals surface area contributed by atoms with Crippen LogP contribution in [0.15, 0.2) is 76.1 Å². The van der Waals surface area contributed by atoms with E-state index >= 15 is 0 Å². The molecule has 0 radical (unpaired) electrons. The van der Waals surface area contributed by atoms with Gasteiger partial charge in [0.1, 0.15) is 17.6 Å². The van der Waals surface area contributed by atoms with E-state index in [1.807, 2.05) is 30.5 Å². The van der Waals surface area contributed by atoms with E-state index in [1.54, 1.807) is 42.5 Å². The van der Waals surface area contributed by atoms with Gasteiger partial charge in [0.15, 0.2) is 0 Å². The van der Waals surface area contributed by atoms with Gasteiger partial charge in [-0.25, -0.2) is 0 Å². The zero-order chi connectivity index (χ0) is 22.0. The van der Waals surface area contributed by atoms with Gasteiger partial charge in [-0.2, -0.15) is 0 Å². The molecule has 1 saturated heterocycles. The summed E-state index contributed by atoms with van der Waals surface area (Å²) in [5, 5.41) is 13.0. The number of rotatable bonds is 6. The number of carbonyl (C=O) groups excluding carboxylic acids is 2. The van der Waals surface area contributed by atoms with Crippen molar-refractivity contribution in [3.8, 4) is 5.75 Å². The summed E-state index contributed by atoms with van der Waals surface area (Å²) in [5.74, 6) is -0.887. The number of hydrogen-bond donors (Lipinski definition) is 1. The molecule has 7 heteroatoms. The molecule has 1 aliphatic heterocycles. The van der Waals surface area contributed by atoms with Gasteiger partial charge < -0.3 is 9.84 Å². The maximum Gasteiger partial charge on any atom is 0.300 e. The van der Waals surface area contributed by atoms with Gasteiger partial charge in [-0.3, -0.25) is 14.5 Å². The number of thiophene rings is 1. The topological polar surface area (TPSA) is 66.8 Å². The molecule has 31 heavy (non-hydrogen) atoms. The fourth-order valence-corrected chi connectivity index (χ4v) is 4.74. The smallest absolute Gasteiger partial charge is 0.300 e. The molecule has 1 unspecified atom stereocenters. The number of halogens is 1. The third-order valence-electron chi connectivity index (χ3n) is 4.94. The van der Waals surface area contributed by atoms with Crippen molar-refractivity contribution in [1.29, 1.82) is 0 Å². The molecule has 1 aromatic heterocycles. The first-order valence-corrected chi connectivity index (χ1v) is 11.5. The second-order valence-electron chi connectivity index (χ2n) is 7.04. The van der Waals surface area contributed by atoms with Crippen LogP contribution in [-0.2, 0) is 9.59 Å². The van der Waals surface area contributed by atoms with Crippen LogP contribution in [0.5, 0.6) is 5.75 Å². The predicted octanol–water partition coefficient (Wildman–Crippen LogP) is 5.93. The number of benzene rings is 2. The van der Waals surface area contributed by atoms with Gasteiger partial charge in [0, 0.05) is 20.6 Å². The standard InChI is InChI=1S/C24H20BrNO4S/c1-2-12-30-18-10-8-15(9-11-18)22(27)20-21(19-7-4-13-31-19)26(24(29)23(20)28)17-6-3-5-16(25)14-17/h3-11,13-14,21,27H,2,12H2,1H3/b22-20-. The van der Waals surface area contributed by atoms with E-state index in [9.17, 15) is 14.7 Å². The van der Waals surface area contributed by atoms with E-state index in [4.69, 9.17) is 4.74 Å². The van der Waals surface area contributed by atoms with Crippen LogP contribution in [0.1, 0.15) is 29.8 Å². The Morgan fingerprint density at radius 3 is 2.55 bits per heavy atom. The maximum atomic E-state index is 13.1. The summed E-state index contributed by atoms with van der Waals surface area (Å²) < 4.78 is 6.38. The highest BCUT2D eigenvalue weighted by molar-refractivity contribution is 9.10. The van der Waals surface area contributed by atoms with E-state index in [-0.39, 0.29) is 11.3 Å². The molecule has 5 nitrogen and oxygen atoms in total. The first-order chi connectivity index (χ1) is 15.0. The summed E-state index contributed by atoms with van der Waals surface area (Å²) in [6, 6.07) is 17.1. The molecule has 3 aromatic rings. The number of anilines is 1. The van der Waals surface area contributed by atoms with Crippen molar-refractivity contribution in [3.63, 3.8) is 0 Å². The number of nitrogens with zero attached hydrogens (tertiary/aromatic N) is 1. The lowest BCUT2D eigenvalue weighted by atomic mass is 9.99. The van der Waals surface area contributed by atoms with Crippen LogP contribution in [0.2, 0.25) is 0 Å². The average molecular weight is 498 g/mol. The number of aliphatic hydroxyl groups excluding tert-OH is 1. The lowest BCUT2D eigenvalue weighted by Crippen LogP contribution is -2.29. The molecule has 1 atom stereocenters. The minimum Gasteiger partial charge on any atom is -0.507 e. The minimum atomic E-state index is -0.706. The van der Waals surface area contributed by atoms with Crippen LogP contribution in [0.25, 0.3) is 5.76 Å². The first kappa shape index (κ1) is 21.3. The lowest BCUT2D eigenvalue weighted by molar-refractivity contribution is -0.132. The second kappa shape index (κ2) is 9.08. The number of amides is 1. The van der Waals surface area contributed by atoms with Gasteiger partial charge in [0.2, 0.25) is 0 Å². The SMILES string of the molecule is CCCOc1ccc(/C(O)=C2/C(=O)C(=O)N(c3cccc(Br)c3)C2c2cccs2)cc1. The molecule has 0 spiro atoms. The van der Waals surface area contributed by atoms with Gasteiger partial charge in [0.05, 0.1) is 12.2 Å². The van der Waals surface area contributed by atoms with Crippen molar-refractivity contribution >= 4 is 50.4 Å². The van der Waals surface area contributed by atoms with Gasteiger partial charge in [0.25, 0.3) is 11.7 Å². The zero-order valence-corrected chi connectivity index (χ0v) is 19.2.